The quantitative estimate of drug-likeness (QED) is 0.897. The highest BCUT2D eigenvalue weighted by molar-refractivity contribution is 5.27. The third kappa shape index (κ3) is 2.64. The number of imidazole rings is 2. The molecule has 1 aliphatic carbocycles. The highest BCUT2D eigenvalue weighted by atomic mass is 15.2. The zero-order valence-electron chi connectivity index (χ0n) is 11.4. The summed E-state index contributed by atoms with van der Waals surface area (Å²) in [4.78, 5) is 8.76. The van der Waals surface area contributed by atoms with Crippen molar-refractivity contribution >= 4 is 5.95 Å². The molecule has 2 heterocycles. The van der Waals surface area contributed by atoms with Gasteiger partial charge in [0.05, 0.1) is 0 Å². The molecule has 0 aliphatic heterocycles. The lowest BCUT2D eigenvalue weighted by Gasteiger charge is -2.15. The van der Waals surface area contributed by atoms with Crippen LogP contribution in [0.25, 0.3) is 0 Å². The van der Waals surface area contributed by atoms with Crippen molar-refractivity contribution in [3.05, 3.63) is 30.6 Å². The van der Waals surface area contributed by atoms with Crippen molar-refractivity contribution in [1.29, 1.82) is 0 Å². The molecule has 3 rings (SSSR count). The molecule has 2 aromatic heterocycles. The Morgan fingerprint density at radius 3 is 2.74 bits per heavy atom. The zero-order valence-corrected chi connectivity index (χ0v) is 11.4. The van der Waals surface area contributed by atoms with Gasteiger partial charge < -0.3 is 14.5 Å². The molecule has 1 N–H and O–H groups in total. The first-order valence-corrected chi connectivity index (χ1v) is 7.07. The van der Waals surface area contributed by atoms with Gasteiger partial charge in [-0.3, -0.25) is 0 Å². The van der Waals surface area contributed by atoms with E-state index in [2.05, 4.69) is 30.6 Å². The second-order valence-corrected chi connectivity index (χ2v) is 5.23. The SMILES string of the molecule is Cn1ccnc1CCNc1nccn1C1CCCC1. The van der Waals surface area contributed by atoms with Crippen molar-refractivity contribution in [3.8, 4) is 0 Å². The zero-order chi connectivity index (χ0) is 13.1. The van der Waals surface area contributed by atoms with Gasteiger partial charge in [0.25, 0.3) is 0 Å². The Morgan fingerprint density at radius 1 is 1.21 bits per heavy atom. The van der Waals surface area contributed by atoms with Crippen LogP contribution in [0.4, 0.5) is 5.95 Å². The Kier molecular flexibility index (Phi) is 3.53. The van der Waals surface area contributed by atoms with Crippen LogP contribution in [-0.2, 0) is 13.5 Å². The highest BCUT2D eigenvalue weighted by Gasteiger charge is 2.18. The van der Waals surface area contributed by atoms with Gasteiger partial charge in [0.1, 0.15) is 5.82 Å². The second-order valence-electron chi connectivity index (χ2n) is 5.23. The molecular formula is C14H21N5. The normalized spacial score (nSPS) is 16.1. The minimum absolute atomic E-state index is 0.637. The summed E-state index contributed by atoms with van der Waals surface area (Å²) in [6.45, 7) is 0.870. The molecule has 1 fully saturated rings. The number of nitrogens with zero attached hydrogens (tertiary/aromatic N) is 4. The fraction of sp³-hybridized carbons (Fsp3) is 0.571. The van der Waals surface area contributed by atoms with Crippen LogP contribution in [0.15, 0.2) is 24.8 Å². The van der Waals surface area contributed by atoms with E-state index in [1.54, 1.807) is 0 Å². The average Bonchev–Trinajstić information content (AvgIpc) is 3.11. The molecule has 1 saturated carbocycles. The standard InChI is InChI=1S/C14H21N5/c1-18-10-8-15-13(18)6-7-16-14-17-9-11-19(14)12-4-2-3-5-12/h8-12H,2-7H2,1H3,(H,16,17). The number of rotatable bonds is 5. The molecule has 0 aromatic carbocycles. The van der Waals surface area contributed by atoms with Crippen LogP contribution in [0, 0.1) is 0 Å². The van der Waals surface area contributed by atoms with Crippen molar-refractivity contribution in [2.45, 2.75) is 38.1 Å². The first kappa shape index (κ1) is 12.3. The van der Waals surface area contributed by atoms with Gasteiger partial charge in [0.15, 0.2) is 0 Å². The third-order valence-electron chi connectivity index (χ3n) is 3.94. The van der Waals surface area contributed by atoms with Crippen LogP contribution in [0.1, 0.15) is 37.5 Å². The molecule has 0 atom stereocenters. The average molecular weight is 259 g/mol. The number of aryl methyl sites for hydroxylation is 1. The highest BCUT2D eigenvalue weighted by Crippen LogP contribution is 2.31. The van der Waals surface area contributed by atoms with Gasteiger partial charge in [-0.2, -0.15) is 0 Å². The molecule has 102 valence electrons. The van der Waals surface area contributed by atoms with E-state index in [-0.39, 0.29) is 0 Å². The molecule has 0 unspecified atom stereocenters. The first-order chi connectivity index (χ1) is 9.34. The largest absolute Gasteiger partial charge is 0.355 e. The lowest BCUT2D eigenvalue weighted by molar-refractivity contribution is 0.523. The molecule has 5 heteroatoms. The van der Waals surface area contributed by atoms with E-state index < -0.39 is 0 Å². The summed E-state index contributed by atoms with van der Waals surface area (Å²) >= 11 is 0. The second kappa shape index (κ2) is 5.47. The van der Waals surface area contributed by atoms with E-state index in [9.17, 15) is 0 Å². The van der Waals surface area contributed by atoms with Crippen LogP contribution < -0.4 is 5.32 Å². The topological polar surface area (TPSA) is 47.7 Å². The Labute approximate surface area is 113 Å². The predicted octanol–water partition coefficient (Wildman–Crippen LogP) is 2.39. The van der Waals surface area contributed by atoms with Gasteiger partial charge in [0.2, 0.25) is 5.95 Å². The van der Waals surface area contributed by atoms with E-state index >= 15 is 0 Å². The summed E-state index contributed by atoms with van der Waals surface area (Å²) in [6.07, 6.45) is 14.0. The molecule has 5 nitrogen and oxygen atoms in total. The van der Waals surface area contributed by atoms with Crippen LogP contribution in [-0.4, -0.2) is 25.6 Å². The van der Waals surface area contributed by atoms with Crippen molar-refractivity contribution in [2.75, 3.05) is 11.9 Å². The summed E-state index contributed by atoms with van der Waals surface area (Å²) in [5.74, 6) is 2.10. The summed E-state index contributed by atoms with van der Waals surface area (Å²) < 4.78 is 4.36. The molecule has 1 aliphatic rings. The van der Waals surface area contributed by atoms with Gasteiger partial charge >= 0.3 is 0 Å². The fourth-order valence-electron chi connectivity index (χ4n) is 2.85. The fourth-order valence-corrected chi connectivity index (χ4v) is 2.85. The lowest BCUT2D eigenvalue weighted by atomic mass is 10.2. The van der Waals surface area contributed by atoms with Gasteiger partial charge in [-0.25, -0.2) is 9.97 Å². The van der Waals surface area contributed by atoms with E-state index in [1.165, 1.54) is 25.7 Å². The van der Waals surface area contributed by atoms with Crippen LogP contribution in [0.5, 0.6) is 0 Å². The molecule has 2 aromatic rings. The predicted molar refractivity (Wildman–Crippen MR) is 75.1 cm³/mol. The van der Waals surface area contributed by atoms with Gasteiger partial charge in [-0.05, 0) is 12.8 Å². The maximum absolute atomic E-state index is 4.43. The lowest BCUT2D eigenvalue weighted by Crippen LogP contribution is -2.14. The van der Waals surface area contributed by atoms with Crippen LogP contribution >= 0.6 is 0 Å². The third-order valence-corrected chi connectivity index (χ3v) is 3.94. The minimum atomic E-state index is 0.637. The Balaban J connectivity index is 1.58. The molecule has 0 saturated heterocycles. The van der Waals surface area contributed by atoms with E-state index in [1.807, 2.05) is 25.6 Å². The van der Waals surface area contributed by atoms with Crippen molar-refractivity contribution in [1.82, 2.24) is 19.1 Å². The number of nitrogens with one attached hydrogen (secondary N) is 1. The van der Waals surface area contributed by atoms with Gasteiger partial charge in [-0.15, -0.1) is 0 Å². The Morgan fingerprint density at radius 2 is 2.00 bits per heavy atom. The maximum atomic E-state index is 4.43. The van der Waals surface area contributed by atoms with Crippen molar-refractivity contribution in [3.63, 3.8) is 0 Å². The Bertz CT molecular complexity index is 521. The number of hydrogen-bond acceptors (Lipinski definition) is 3. The number of hydrogen-bond donors (Lipinski definition) is 1. The minimum Gasteiger partial charge on any atom is -0.355 e. The van der Waals surface area contributed by atoms with Crippen LogP contribution in [0.2, 0.25) is 0 Å². The van der Waals surface area contributed by atoms with Gasteiger partial charge in [-0.1, -0.05) is 12.8 Å². The number of anilines is 1. The molecule has 0 spiro atoms. The summed E-state index contributed by atoms with van der Waals surface area (Å²) in [7, 11) is 2.03. The van der Waals surface area contributed by atoms with Gasteiger partial charge in [0, 0.05) is 50.8 Å². The van der Waals surface area contributed by atoms with Crippen LogP contribution in [0.3, 0.4) is 0 Å². The molecule has 0 amide bonds. The Hall–Kier alpha value is -1.78. The van der Waals surface area contributed by atoms with E-state index in [0.717, 1.165) is 24.7 Å². The smallest absolute Gasteiger partial charge is 0.203 e. The van der Waals surface area contributed by atoms with Crippen molar-refractivity contribution in [2.24, 2.45) is 7.05 Å². The summed E-state index contributed by atoms with van der Waals surface area (Å²) in [6, 6.07) is 0.637. The van der Waals surface area contributed by atoms with Crippen molar-refractivity contribution < 1.29 is 0 Å². The maximum Gasteiger partial charge on any atom is 0.203 e. The molecule has 19 heavy (non-hydrogen) atoms. The van der Waals surface area contributed by atoms with E-state index in [4.69, 9.17) is 0 Å². The number of aromatic nitrogens is 4. The monoisotopic (exact) mass is 259 g/mol. The molecular weight excluding hydrogens is 238 g/mol. The molecule has 0 bridgehead atoms. The molecule has 0 radical (unpaired) electrons. The first-order valence-electron chi connectivity index (χ1n) is 7.07. The summed E-state index contributed by atoms with van der Waals surface area (Å²) in [5, 5.41) is 3.43. The van der Waals surface area contributed by atoms with E-state index in [0.29, 0.717) is 6.04 Å². The summed E-state index contributed by atoms with van der Waals surface area (Å²) in [5.41, 5.74) is 0.